The molecule has 1 unspecified atom stereocenters. The number of amides is 3. The fourth-order valence-electron chi connectivity index (χ4n) is 2.36. The fourth-order valence-corrected chi connectivity index (χ4v) is 2.36. The van der Waals surface area contributed by atoms with Crippen LogP contribution in [0.4, 0.5) is 4.79 Å². The van der Waals surface area contributed by atoms with E-state index in [9.17, 15) is 9.59 Å². The van der Waals surface area contributed by atoms with E-state index in [0.717, 1.165) is 11.3 Å². The van der Waals surface area contributed by atoms with E-state index in [4.69, 9.17) is 9.47 Å². The van der Waals surface area contributed by atoms with Crippen LogP contribution < -0.4 is 10.1 Å². The zero-order chi connectivity index (χ0) is 13.4. The highest BCUT2D eigenvalue weighted by Crippen LogP contribution is 2.33. The Balaban J connectivity index is 1.83. The van der Waals surface area contributed by atoms with Gasteiger partial charge in [0.25, 0.3) is 5.91 Å². The van der Waals surface area contributed by atoms with Gasteiger partial charge in [0.05, 0.1) is 13.2 Å². The average Bonchev–Trinajstić information content (AvgIpc) is 2.94. The van der Waals surface area contributed by atoms with Gasteiger partial charge in [-0.25, -0.2) is 4.79 Å². The molecule has 2 aliphatic heterocycles. The van der Waals surface area contributed by atoms with Crippen molar-refractivity contribution >= 4 is 11.9 Å². The Morgan fingerprint density at radius 2 is 2.11 bits per heavy atom. The number of rotatable bonds is 3. The first-order chi connectivity index (χ1) is 9.20. The van der Waals surface area contributed by atoms with Gasteiger partial charge in [-0.3, -0.25) is 15.0 Å². The minimum Gasteiger partial charge on any atom is -0.494 e. The Bertz CT molecular complexity index is 514. The molecule has 19 heavy (non-hydrogen) atoms. The monoisotopic (exact) mass is 262 g/mol. The van der Waals surface area contributed by atoms with Gasteiger partial charge in [0, 0.05) is 5.56 Å². The number of nitrogens with one attached hydrogen (secondary N) is 1. The quantitative estimate of drug-likeness (QED) is 0.826. The molecule has 3 rings (SSSR count). The van der Waals surface area contributed by atoms with Crippen molar-refractivity contribution in [3.8, 4) is 5.75 Å². The number of carbonyl (C=O) groups excluding carboxylic acids is 2. The summed E-state index contributed by atoms with van der Waals surface area (Å²) in [4.78, 5) is 24.7. The van der Waals surface area contributed by atoms with E-state index in [1.54, 1.807) is 0 Å². The Kier molecular flexibility index (Phi) is 2.87. The molecule has 1 aromatic carbocycles. The largest absolute Gasteiger partial charge is 0.494 e. The molecule has 2 saturated heterocycles. The molecule has 2 atom stereocenters. The Hall–Kier alpha value is -2.08. The summed E-state index contributed by atoms with van der Waals surface area (Å²) in [6.07, 6.45) is -0.507. The van der Waals surface area contributed by atoms with Gasteiger partial charge >= 0.3 is 6.03 Å². The third-order valence-corrected chi connectivity index (χ3v) is 3.24. The first kappa shape index (κ1) is 12.0. The van der Waals surface area contributed by atoms with Crippen molar-refractivity contribution in [1.82, 2.24) is 10.2 Å². The van der Waals surface area contributed by atoms with Gasteiger partial charge in [-0.05, 0) is 19.1 Å². The van der Waals surface area contributed by atoms with E-state index in [2.05, 4.69) is 5.32 Å². The van der Waals surface area contributed by atoms with Crippen LogP contribution in [0.25, 0.3) is 0 Å². The summed E-state index contributed by atoms with van der Waals surface area (Å²) in [5, 5.41) is 2.29. The number of hydrogen-bond donors (Lipinski definition) is 1. The van der Waals surface area contributed by atoms with Crippen LogP contribution in [0.1, 0.15) is 18.7 Å². The van der Waals surface area contributed by atoms with E-state index >= 15 is 0 Å². The molecule has 6 heteroatoms. The number of ether oxygens (including phenoxy) is 2. The second-order valence-corrected chi connectivity index (χ2v) is 4.41. The van der Waals surface area contributed by atoms with Crippen LogP contribution in [0.3, 0.4) is 0 Å². The molecular weight excluding hydrogens is 248 g/mol. The van der Waals surface area contributed by atoms with Gasteiger partial charge in [0.1, 0.15) is 11.8 Å². The maximum atomic E-state index is 11.7. The van der Waals surface area contributed by atoms with E-state index in [0.29, 0.717) is 6.61 Å². The predicted octanol–water partition coefficient (Wildman–Crippen LogP) is 1.03. The van der Waals surface area contributed by atoms with Crippen molar-refractivity contribution in [2.24, 2.45) is 0 Å². The molecular formula is C13H14N2O4. The maximum absolute atomic E-state index is 11.7. The molecule has 2 fully saturated rings. The lowest BCUT2D eigenvalue weighted by molar-refractivity contribution is -0.120. The first-order valence-electron chi connectivity index (χ1n) is 6.18. The number of carbonyl (C=O) groups is 2. The topological polar surface area (TPSA) is 67.9 Å². The summed E-state index contributed by atoms with van der Waals surface area (Å²) in [7, 11) is 0. The van der Waals surface area contributed by atoms with Gasteiger partial charge in [-0.15, -0.1) is 0 Å². The van der Waals surface area contributed by atoms with Crippen LogP contribution in [0.5, 0.6) is 5.75 Å². The van der Waals surface area contributed by atoms with Crippen molar-refractivity contribution < 1.29 is 19.1 Å². The highest BCUT2D eigenvalue weighted by molar-refractivity contribution is 6.04. The molecule has 3 amide bonds. The Morgan fingerprint density at radius 3 is 2.79 bits per heavy atom. The zero-order valence-electron chi connectivity index (χ0n) is 10.5. The number of fused-ring (bicyclic) bond motifs is 1. The normalized spacial score (nSPS) is 25.4. The number of urea groups is 1. The lowest BCUT2D eigenvalue weighted by Crippen LogP contribution is -2.32. The number of nitrogens with zero attached hydrogens (tertiary/aromatic N) is 1. The standard InChI is InChI=1S/C13H14N2O4/c1-2-18-9-5-3-8(4-6-9)12-15-10(7-19-12)11(16)14-13(15)17/h3-6,10,12H,2,7H2,1H3,(H,14,16,17)/t10-,12?/m1/s1. The van der Waals surface area contributed by atoms with Gasteiger partial charge in [0.15, 0.2) is 6.23 Å². The molecule has 0 spiro atoms. The highest BCUT2D eigenvalue weighted by atomic mass is 16.5. The second-order valence-electron chi connectivity index (χ2n) is 4.41. The third-order valence-electron chi connectivity index (χ3n) is 3.24. The van der Waals surface area contributed by atoms with Gasteiger partial charge < -0.3 is 9.47 Å². The van der Waals surface area contributed by atoms with Crippen molar-refractivity contribution in [3.05, 3.63) is 29.8 Å². The number of benzene rings is 1. The van der Waals surface area contributed by atoms with Crippen LogP contribution >= 0.6 is 0 Å². The van der Waals surface area contributed by atoms with Gasteiger partial charge in [-0.2, -0.15) is 0 Å². The summed E-state index contributed by atoms with van der Waals surface area (Å²) in [5.74, 6) is 0.473. The molecule has 0 saturated carbocycles. The Morgan fingerprint density at radius 1 is 1.37 bits per heavy atom. The zero-order valence-corrected chi connectivity index (χ0v) is 10.5. The van der Waals surface area contributed by atoms with Crippen molar-refractivity contribution in [2.75, 3.05) is 13.2 Å². The van der Waals surface area contributed by atoms with E-state index in [1.165, 1.54) is 4.90 Å². The van der Waals surface area contributed by atoms with E-state index < -0.39 is 18.3 Å². The molecule has 1 N–H and O–H groups in total. The summed E-state index contributed by atoms with van der Waals surface area (Å²) < 4.78 is 10.9. The van der Waals surface area contributed by atoms with Crippen molar-refractivity contribution in [2.45, 2.75) is 19.2 Å². The van der Waals surface area contributed by atoms with Crippen LogP contribution in [0, 0.1) is 0 Å². The number of imide groups is 1. The second kappa shape index (κ2) is 4.55. The van der Waals surface area contributed by atoms with Crippen LogP contribution in [0.15, 0.2) is 24.3 Å². The fraction of sp³-hybridized carbons (Fsp3) is 0.385. The van der Waals surface area contributed by atoms with Gasteiger partial charge in [0.2, 0.25) is 0 Å². The van der Waals surface area contributed by atoms with E-state index in [1.807, 2.05) is 31.2 Å². The van der Waals surface area contributed by atoms with Crippen LogP contribution in [-0.2, 0) is 9.53 Å². The average molecular weight is 262 g/mol. The lowest BCUT2D eigenvalue weighted by Gasteiger charge is -2.20. The minimum absolute atomic E-state index is 0.232. The number of hydrogen-bond acceptors (Lipinski definition) is 4. The summed E-state index contributed by atoms with van der Waals surface area (Å²) in [5.41, 5.74) is 0.829. The van der Waals surface area contributed by atoms with Crippen molar-refractivity contribution in [3.63, 3.8) is 0 Å². The first-order valence-corrected chi connectivity index (χ1v) is 6.18. The smallest absolute Gasteiger partial charge is 0.327 e. The lowest BCUT2D eigenvalue weighted by atomic mass is 10.1. The highest BCUT2D eigenvalue weighted by Gasteiger charge is 2.48. The predicted molar refractivity (Wildman–Crippen MR) is 65.5 cm³/mol. The maximum Gasteiger partial charge on any atom is 0.327 e. The van der Waals surface area contributed by atoms with Gasteiger partial charge in [-0.1, -0.05) is 12.1 Å². The molecule has 0 bridgehead atoms. The molecule has 2 heterocycles. The molecule has 100 valence electrons. The molecule has 0 radical (unpaired) electrons. The molecule has 6 nitrogen and oxygen atoms in total. The molecule has 0 aliphatic carbocycles. The summed E-state index contributed by atoms with van der Waals surface area (Å²) >= 11 is 0. The summed E-state index contributed by atoms with van der Waals surface area (Å²) in [6, 6.07) is 6.43. The molecule has 0 aromatic heterocycles. The minimum atomic E-state index is -0.510. The SMILES string of the molecule is CCOc1ccc(C2OC[C@@H]3C(=O)NC(=O)N23)cc1. The third kappa shape index (κ3) is 1.94. The Labute approximate surface area is 110 Å². The van der Waals surface area contributed by atoms with E-state index in [-0.39, 0.29) is 12.5 Å². The van der Waals surface area contributed by atoms with Crippen LogP contribution in [-0.4, -0.2) is 36.1 Å². The molecule has 1 aromatic rings. The molecule has 2 aliphatic rings. The van der Waals surface area contributed by atoms with Crippen LogP contribution in [0.2, 0.25) is 0 Å². The van der Waals surface area contributed by atoms with Crippen molar-refractivity contribution in [1.29, 1.82) is 0 Å². The summed E-state index contributed by atoms with van der Waals surface area (Å²) in [6.45, 7) is 2.75.